The van der Waals surface area contributed by atoms with Gasteiger partial charge >= 0.3 is 0 Å². The lowest BCUT2D eigenvalue weighted by atomic mass is 9.90. The quantitative estimate of drug-likeness (QED) is 0.937. The number of piperidine rings is 1. The second-order valence-corrected chi connectivity index (χ2v) is 6.45. The van der Waals surface area contributed by atoms with Crippen molar-refractivity contribution in [2.45, 2.75) is 26.2 Å². The average molecular weight is 309 g/mol. The number of hydrogen-bond acceptors (Lipinski definition) is 2. The Bertz CT molecular complexity index is 673. The van der Waals surface area contributed by atoms with Crippen LogP contribution in [0.15, 0.2) is 48.5 Å². The van der Waals surface area contributed by atoms with Crippen LogP contribution >= 0.6 is 0 Å². The van der Waals surface area contributed by atoms with Gasteiger partial charge in [0.15, 0.2) is 0 Å². The molecule has 3 nitrogen and oxygen atoms in total. The van der Waals surface area contributed by atoms with Crippen molar-refractivity contribution in [3.05, 3.63) is 65.2 Å². The molecule has 3 heteroatoms. The molecule has 0 bridgehead atoms. The molecule has 0 unspecified atom stereocenters. The molecule has 0 aliphatic carbocycles. The summed E-state index contributed by atoms with van der Waals surface area (Å²) in [6, 6.07) is 15.8. The van der Waals surface area contributed by atoms with Gasteiger partial charge in [-0.3, -0.25) is 4.79 Å². The highest BCUT2D eigenvalue weighted by molar-refractivity contribution is 5.97. The van der Waals surface area contributed by atoms with Gasteiger partial charge in [0.05, 0.1) is 5.56 Å². The summed E-state index contributed by atoms with van der Waals surface area (Å²) in [7, 11) is 0. The number of hydrogen-bond donors (Lipinski definition) is 1. The largest absolute Gasteiger partial charge is 0.507 e. The maximum atomic E-state index is 12.6. The fourth-order valence-corrected chi connectivity index (χ4v) is 3.28. The molecule has 1 fully saturated rings. The van der Waals surface area contributed by atoms with Crippen LogP contribution in [0.1, 0.15) is 34.3 Å². The second-order valence-electron chi connectivity index (χ2n) is 6.45. The summed E-state index contributed by atoms with van der Waals surface area (Å²) in [5.74, 6) is 0.662. The molecular formula is C20H23NO2. The molecule has 0 spiro atoms. The fraction of sp³-hybridized carbons (Fsp3) is 0.350. The van der Waals surface area contributed by atoms with Crippen LogP contribution in [-0.2, 0) is 6.42 Å². The Morgan fingerprint density at radius 2 is 1.83 bits per heavy atom. The average Bonchev–Trinajstić information content (AvgIpc) is 2.56. The van der Waals surface area contributed by atoms with Crippen molar-refractivity contribution in [1.82, 2.24) is 4.90 Å². The zero-order valence-electron chi connectivity index (χ0n) is 13.5. The maximum Gasteiger partial charge on any atom is 0.257 e. The third-order valence-electron chi connectivity index (χ3n) is 4.65. The molecule has 1 N–H and O–H groups in total. The molecule has 3 rings (SSSR count). The third kappa shape index (κ3) is 3.73. The minimum atomic E-state index is -0.0549. The van der Waals surface area contributed by atoms with Crippen LogP contribution in [0.2, 0.25) is 0 Å². The maximum absolute atomic E-state index is 12.6. The molecule has 1 heterocycles. The molecule has 1 aliphatic heterocycles. The molecule has 1 amide bonds. The van der Waals surface area contributed by atoms with E-state index in [0.29, 0.717) is 11.5 Å². The molecule has 1 aliphatic rings. The summed E-state index contributed by atoms with van der Waals surface area (Å²) in [4.78, 5) is 14.4. The van der Waals surface area contributed by atoms with Crippen LogP contribution in [0.3, 0.4) is 0 Å². The van der Waals surface area contributed by atoms with E-state index < -0.39 is 0 Å². The summed E-state index contributed by atoms with van der Waals surface area (Å²) in [6.07, 6.45) is 3.12. The Morgan fingerprint density at radius 1 is 1.13 bits per heavy atom. The van der Waals surface area contributed by atoms with Crippen molar-refractivity contribution >= 4 is 5.91 Å². The van der Waals surface area contributed by atoms with E-state index in [9.17, 15) is 9.90 Å². The van der Waals surface area contributed by atoms with E-state index >= 15 is 0 Å². The van der Waals surface area contributed by atoms with Gasteiger partial charge in [-0.05, 0) is 55.4 Å². The second kappa shape index (κ2) is 6.86. The standard InChI is InChI=1S/C20H23NO2/c1-15-7-8-18(19(22)13-15)20(23)21-11-9-17(10-12-21)14-16-5-3-2-4-6-16/h2-8,13,17,22H,9-12,14H2,1H3. The number of amides is 1. The van der Waals surface area contributed by atoms with Crippen LogP contribution in [0.5, 0.6) is 5.75 Å². The van der Waals surface area contributed by atoms with Gasteiger partial charge in [0.1, 0.15) is 5.75 Å². The van der Waals surface area contributed by atoms with Crippen molar-refractivity contribution in [2.24, 2.45) is 5.92 Å². The Labute approximate surface area is 137 Å². The van der Waals surface area contributed by atoms with Crippen LogP contribution in [0, 0.1) is 12.8 Å². The van der Waals surface area contributed by atoms with E-state index in [4.69, 9.17) is 0 Å². The van der Waals surface area contributed by atoms with Gasteiger partial charge < -0.3 is 10.0 Å². The molecule has 0 aromatic heterocycles. The number of phenols is 1. The Kier molecular flexibility index (Phi) is 4.65. The first kappa shape index (κ1) is 15.6. The molecule has 0 radical (unpaired) electrons. The Balaban J connectivity index is 1.59. The highest BCUT2D eigenvalue weighted by Crippen LogP contribution is 2.25. The molecule has 1 saturated heterocycles. The van der Waals surface area contributed by atoms with E-state index in [2.05, 4.69) is 24.3 Å². The zero-order chi connectivity index (χ0) is 16.2. The van der Waals surface area contributed by atoms with Gasteiger partial charge in [0.25, 0.3) is 5.91 Å². The molecule has 2 aromatic rings. The summed E-state index contributed by atoms with van der Waals surface area (Å²) < 4.78 is 0. The summed E-state index contributed by atoms with van der Waals surface area (Å²) in [6.45, 7) is 3.44. The number of aryl methyl sites for hydroxylation is 1. The molecular weight excluding hydrogens is 286 g/mol. The minimum Gasteiger partial charge on any atom is -0.507 e. The number of carbonyl (C=O) groups excluding carboxylic acids is 1. The Hall–Kier alpha value is -2.29. The van der Waals surface area contributed by atoms with Gasteiger partial charge in [0, 0.05) is 13.1 Å². The monoisotopic (exact) mass is 309 g/mol. The fourth-order valence-electron chi connectivity index (χ4n) is 3.28. The SMILES string of the molecule is Cc1ccc(C(=O)N2CCC(Cc3ccccc3)CC2)c(O)c1. The van der Waals surface area contributed by atoms with Crippen molar-refractivity contribution in [3.63, 3.8) is 0 Å². The van der Waals surface area contributed by atoms with Crippen LogP contribution in [-0.4, -0.2) is 29.0 Å². The molecule has 120 valence electrons. The number of carbonyl (C=O) groups is 1. The number of nitrogens with zero attached hydrogens (tertiary/aromatic N) is 1. The van der Waals surface area contributed by atoms with Crippen molar-refractivity contribution in [1.29, 1.82) is 0 Å². The van der Waals surface area contributed by atoms with E-state index in [1.165, 1.54) is 5.56 Å². The third-order valence-corrected chi connectivity index (χ3v) is 4.65. The van der Waals surface area contributed by atoms with Crippen LogP contribution in [0.4, 0.5) is 0 Å². The summed E-state index contributed by atoms with van der Waals surface area (Å²) >= 11 is 0. The number of rotatable bonds is 3. The summed E-state index contributed by atoms with van der Waals surface area (Å²) in [5, 5.41) is 9.99. The Morgan fingerprint density at radius 3 is 2.48 bits per heavy atom. The summed E-state index contributed by atoms with van der Waals surface area (Å²) in [5.41, 5.74) is 2.74. The van der Waals surface area contributed by atoms with Crippen molar-refractivity contribution in [3.8, 4) is 5.75 Å². The molecule has 23 heavy (non-hydrogen) atoms. The molecule has 0 atom stereocenters. The zero-order valence-corrected chi connectivity index (χ0v) is 13.5. The molecule has 0 saturated carbocycles. The highest BCUT2D eigenvalue weighted by atomic mass is 16.3. The highest BCUT2D eigenvalue weighted by Gasteiger charge is 2.25. The first-order chi connectivity index (χ1) is 11.1. The van der Waals surface area contributed by atoms with Crippen LogP contribution in [0.25, 0.3) is 0 Å². The topological polar surface area (TPSA) is 40.5 Å². The van der Waals surface area contributed by atoms with Crippen molar-refractivity contribution in [2.75, 3.05) is 13.1 Å². The van der Waals surface area contributed by atoms with E-state index in [-0.39, 0.29) is 11.7 Å². The van der Waals surface area contributed by atoms with Gasteiger partial charge in [-0.25, -0.2) is 0 Å². The van der Waals surface area contributed by atoms with Gasteiger partial charge in [-0.2, -0.15) is 0 Å². The first-order valence-corrected chi connectivity index (χ1v) is 8.26. The van der Waals surface area contributed by atoms with Gasteiger partial charge in [0.2, 0.25) is 0 Å². The lowest BCUT2D eigenvalue weighted by molar-refractivity contribution is 0.0687. The van der Waals surface area contributed by atoms with Gasteiger partial charge in [-0.1, -0.05) is 36.4 Å². The minimum absolute atomic E-state index is 0.0549. The van der Waals surface area contributed by atoms with E-state index in [1.807, 2.05) is 24.0 Å². The molecule has 2 aromatic carbocycles. The lowest BCUT2D eigenvalue weighted by Gasteiger charge is -2.32. The van der Waals surface area contributed by atoms with Crippen LogP contribution < -0.4 is 0 Å². The predicted octanol–water partition coefficient (Wildman–Crippen LogP) is 3.80. The number of benzene rings is 2. The number of likely N-dealkylation sites (tertiary alicyclic amines) is 1. The lowest BCUT2D eigenvalue weighted by Crippen LogP contribution is -2.38. The predicted molar refractivity (Wildman–Crippen MR) is 91.6 cm³/mol. The smallest absolute Gasteiger partial charge is 0.257 e. The first-order valence-electron chi connectivity index (χ1n) is 8.26. The number of phenolic OH excluding ortho intramolecular Hbond substituents is 1. The number of aromatic hydroxyl groups is 1. The van der Waals surface area contributed by atoms with Gasteiger partial charge in [-0.15, -0.1) is 0 Å². The normalized spacial score (nSPS) is 15.6. The van der Waals surface area contributed by atoms with E-state index in [1.54, 1.807) is 12.1 Å². The van der Waals surface area contributed by atoms with E-state index in [0.717, 1.165) is 37.9 Å². The van der Waals surface area contributed by atoms with Crippen molar-refractivity contribution < 1.29 is 9.90 Å².